The number of unbranched alkanes of at least 4 members (excludes halogenated alkanes) is 13. The second-order valence-electron chi connectivity index (χ2n) is 6.66. The first-order valence-electron chi connectivity index (χ1n) is 9.84. The van der Waals surface area contributed by atoms with E-state index in [2.05, 4.69) is 13.8 Å². The summed E-state index contributed by atoms with van der Waals surface area (Å²) in [5.74, 6) is 0. The summed E-state index contributed by atoms with van der Waals surface area (Å²) in [5, 5.41) is 9.56. The molecule has 0 bridgehead atoms. The Morgan fingerprint density at radius 2 is 0.857 bits per heavy atom. The fraction of sp³-hybridized carbons (Fsp3) is 0.950. The Bertz CT molecular complexity index is 179. The Labute approximate surface area is 134 Å². The molecule has 0 aromatic rings. The van der Waals surface area contributed by atoms with E-state index < -0.39 is 0 Å². The summed E-state index contributed by atoms with van der Waals surface area (Å²) in [6.07, 6.45) is 23.2. The van der Waals surface area contributed by atoms with Crippen molar-refractivity contribution >= 4 is 0 Å². The number of rotatable bonds is 17. The van der Waals surface area contributed by atoms with Gasteiger partial charge in [-0.3, -0.25) is 0 Å². The van der Waals surface area contributed by atoms with Gasteiger partial charge in [0.2, 0.25) is 0 Å². The van der Waals surface area contributed by atoms with Crippen LogP contribution in [-0.4, -0.2) is 5.11 Å². The fourth-order valence-electron chi connectivity index (χ4n) is 2.94. The summed E-state index contributed by atoms with van der Waals surface area (Å²) in [7, 11) is 0. The smallest absolute Gasteiger partial charge is 0.0933 e. The minimum atomic E-state index is 0.719. The molecule has 1 N–H and O–H groups in total. The predicted molar refractivity (Wildman–Crippen MR) is 95.0 cm³/mol. The summed E-state index contributed by atoms with van der Waals surface area (Å²) in [6.45, 7) is 4.41. The Kier molecular flexibility index (Phi) is 18.0. The Morgan fingerprint density at radius 1 is 0.476 bits per heavy atom. The van der Waals surface area contributed by atoms with Crippen molar-refractivity contribution in [1.82, 2.24) is 0 Å². The van der Waals surface area contributed by atoms with Crippen LogP contribution in [0.4, 0.5) is 0 Å². The molecular formula is C20H41O. The number of aliphatic hydroxyl groups excluding tert-OH is 1. The second-order valence-corrected chi connectivity index (χ2v) is 6.66. The topological polar surface area (TPSA) is 20.2 Å². The predicted octanol–water partition coefficient (Wildman–Crippen LogP) is 7.56. The van der Waals surface area contributed by atoms with E-state index in [-0.39, 0.29) is 0 Å². The van der Waals surface area contributed by atoms with Crippen LogP contribution in [0, 0.1) is 6.10 Å². The summed E-state index contributed by atoms with van der Waals surface area (Å²) in [4.78, 5) is 0. The van der Waals surface area contributed by atoms with Crippen LogP contribution in [0.15, 0.2) is 0 Å². The Hall–Kier alpha value is -0.0400. The molecule has 0 aromatic carbocycles. The summed E-state index contributed by atoms with van der Waals surface area (Å²) < 4.78 is 0. The zero-order valence-electron chi connectivity index (χ0n) is 15.0. The molecule has 127 valence electrons. The van der Waals surface area contributed by atoms with E-state index in [4.69, 9.17) is 0 Å². The number of aliphatic hydroxyl groups is 1. The van der Waals surface area contributed by atoms with Crippen molar-refractivity contribution in [3.63, 3.8) is 0 Å². The van der Waals surface area contributed by atoms with E-state index in [1.165, 1.54) is 89.9 Å². The molecule has 0 heterocycles. The van der Waals surface area contributed by atoms with Crippen molar-refractivity contribution in [2.24, 2.45) is 0 Å². The van der Waals surface area contributed by atoms with Gasteiger partial charge in [0.25, 0.3) is 0 Å². The van der Waals surface area contributed by atoms with E-state index in [9.17, 15) is 5.11 Å². The normalized spacial score (nSPS) is 11.4. The Morgan fingerprint density at radius 3 is 1.24 bits per heavy atom. The molecule has 0 spiro atoms. The molecule has 0 saturated heterocycles. The maximum absolute atomic E-state index is 9.56. The van der Waals surface area contributed by atoms with Gasteiger partial charge in [-0.25, -0.2) is 0 Å². The zero-order chi connectivity index (χ0) is 15.6. The minimum absolute atomic E-state index is 0.719. The molecule has 1 radical (unpaired) electrons. The molecule has 0 saturated carbocycles. The van der Waals surface area contributed by atoms with Crippen molar-refractivity contribution in [3.8, 4) is 0 Å². The first-order chi connectivity index (χ1) is 10.3. The number of hydrogen-bond acceptors (Lipinski definition) is 1. The SMILES string of the molecule is CCCCCCCCCCCCCCCC[C](O)CCC. The molecule has 1 nitrogen and oxygen atoms in total. The molecule has 0 fully saturated rings. The van der Waals surface area contributed by atoms with Gasteiger partial charge in [-0.2, -0.15) is 0 Å². The lowest BCUT2D eigenvalue weighted by molar-refractivity contribution is 0.261. The third-order valence-corrected chi connectivity index (χ3v) is 4.36. The molecule has 1 heteroatoms. The van der Waals surface area contributed by atoms with Crippen LogP contribution >= 0.6 is 0 Å². The quantitative estimate of drug-likeness (QED) is 0.274. The maximum Gasteiger partial charge on any atom is 0.0933 e. The molecule has 0 aliphatic rings. The highest BCUT2D eigenvalue weighted by atomic mass is 16.3. The largest absolute Gasteiger partial charge is 0.387 e. The van der Waals surface area contributed by atoms with E-state index in [1.54, 1.807) is 0 Å². The first kappa shape index (κ1) is 21.0. The lowest BCUT2D eigenvalue weighted by atomic mass is 10.0. The van der Waals surface area contributed by atoms with Crippen molar-refractivity contribution in [2.75, 3.05) is 0 Å². The first-order valence-corrected chi connectivity index (χ1v) is 9.84. The van der Waals surface area contributed by atoms with E-state index in [1.807, 2.05) is 0 Å². The molecule has 0 aromatic heterocycles. The van der Waals surface area contributed by atoms with Gasteiger partial charge in [-0.1, -0.05) is 110 Å². The third-order valence-electron chi connectivity index (χ3n) is 4.36. The number of hydrogen-bond donors (Lipinski definition) is 1. The third kappa shape index (κ3) is 17.9. The van der Waals surface area contributed by atoms with Gasteiger partial charge in [0, 0.05) is 0 Å². The van der Waals surface area contributed by atoms with Gasteiger partial charge < -0.3 is 5.11 Å². The van der Waals surface area contributed by atoms with E-state index >= 15 is 0 Å². The van der Waals surface area contributed by atoms with Crippen molar-refractivity contribution in [1.29, 1.82) is 0 Å². The molecule has 0 unspecified atom stereocenters. The molecule has 0 amide bonds. The maximum atomic E-state index is 9.56. The van der Waals surface area contributed by atoms with E-state index in [0.717, 1.165) is 25.4 Å². The summed E-state index contributed by atoms with van der Waals surface area (Å²) in [5.41, 5.74) is 0. The van der Waals surface area contributed by atoms with Gasteiger partial charge in [-0.05, 0) is 12.8 Å². The van der Waals surface area contributed by atoms with Crippen LogP contribution in [-0.2, 0) is 0 Å². The average molecular weight is 298 g/mol. The van der Waals surface area contributed by atoms with Crippen LogP contribution in [0.25, 0.3) is 0 Å². The highest BCUT2D eigenvalue weighted by molar-refractivity contribution is 4.73. The van der Waals surface area contributed by atoms with Crippen LogP contribution < -0.4 is 0 Å². The molecule has 21 heavy (non-hydrogen) atoms. The monoisotopic (exact) mass is 297 g/mol. The van der Waals surface area contributed by atoms with Crippen LogP contribution in [0.1, 0.15) is 123 Å². The van der Waals surface area contributed by atoms with E-state index in [0.29, 0.717) is 0 Å². The summed E-state index contributed by atoms with van der Waals surface area (Å²) in [6, 6.07) is 0. The van der Waals surface area contributed by atoms with Crippen LogP contribution in [0.3, 0.4) is 0 Å². The molecular weight excluding hydrogens is 256 g/mol. The lowest BCUT2D eigenvalue weighted by Gasteiger charge is -2.07. The molecule has 0 aliphatic heterocycles. The fourth-order valence-corrected chi connectivity index (χ4v) is 2.94. The van der Waals surface area contributed by atoms with Gasteiger partial charge >= 0.3 is 0 Å². The second kappa shape index (κ2) is 18.0. The zero-order valence-corrected chi connectivity index (χ0v) is 15.0. The minimum Gasteiger partial charge on any atom is -0.387 e. The Balaban J connectivity index is 2.99. The van der Waals surface area contributed by atoms with Gasteiger partial charge in [0.1, 0.15) is 0 Å². The van der Waals surface area contributed by atoms with Gasteiger partial charge in [0.15, 0.2) is 0 Å². The summed E-state index contributed by atoms with van der Waals surface area (Å²) >= 11 is 0. The van der Waals surface area contributed by atoms with Crippen LogP contribution in [0.5, 0.6) is 0 Å². The van der Waals surface area contributed by atoms with Crippen LogP contribution in [0.2, 0.25) is 0 Å². The standard InChI is InChI=1S/C20H41O/c1-3-5-6-7-8-9-10-11-12-13-14-15-16-17-19-20(21)18-4-2/h21H,3-19H2,1-2H3. The molecule has 0 atom stereocenters. The molecule has 0 aliphatic carbocycles. The van der Waals surface area contributed by atoms with Crippen molar-refractivity contribution in [2.45, 2.75) is 123 Å². The van der Waals surface area contributed by atoms with Gasteiger partial charge in [-0.15, -0.1) is 0 Å². The average Bonchev–Trinajstić information content (AvgIpc) is 2.48. The van der Waals surface area contributed by atoms with Gasteiger partial charge in [0.05, 0.1) is 6.10 Å². The highest BCUT2D eigenvalue weighted by Crippen LogP contribution is 2.16. The molecule has 0 rings (SSSR count). The van der Waals surface area contributed by atoms with Crippen molar-refractivity contribution in [3.05, 3.63) is 6.10 Å². The lowest BCUT2D eigenvalue weighted by Crippen LogP contribution is -1.94. The van der Waals surface area contributed by atoms with Crippen molar-refractivity contribution < 1.29 is 5.11 Å². The highest BCUT2D eigenvalue weighted by Gasteiger charge is 2.02.